The van der Waals surface area contributed by atoms with Crippen LogP contribution >= 0.6 is 0 Å². The lowest BCUT2D eigenvalue weighted by Crippen LogP contribution is -2.34. The predicted octanol–water partition coefficient (Wildman–Crippen LogP) is 2.52. The first-order valence-electron chi connectivity index (χ1n) is 7.79. The summed E-state index contributed by atoms with van der Waals surface area (Å²) in [5.41, 5.74) is 2.39. The van der Waals surface area contributed by atoms with E-state index in [1.54, 1.807) is 13.2 Å². The minimum Gasteiger partial charge on any atom is -0.496 e. The van der Waals surface area contributed by atoms with Crippen molar-refractivity contribution < 1.29 is 18.9 Å². The van der Waals surface area contributed by atoms with Crippen molar-refractivity contribution >= 4 is 11.6 Å². The van der Waals surface area contributed by atoms with Gasteiger partial charge in [-0.2, -0.15) is 0 Å². The van der Waals surface area contributed by atoms with Crippen molar-refractivity contribution in [3.8, 4) is 17.0 Å². The SMILES string of the molecule is CCC1=NO[C@H](C(=O)NCc2cc(-c3ccccc3OC)no2)C1. The van der Waals surface area contributed by atoms with E-state index < -0.39 is 6.10 Å². The Morgan fingerprint density at radius 3 is 3.00 bits per heavy atom. The molecule has 0 spiro atoms. The highest BCUT2D eigenvalue weighted by atomic mass is 16.6. The van der Waals surface area contributed by atoms with Crippen LogP contribution in [0.1, 0.15) is 25.5 Å². The summed E-state index contributed by atoms with van der Waals surface area (Å²) in [7, 11) is 1.61. The zero-order valence-electron chi connectivity index (χ0n) is 13.6. The number of rotatable bonds is 6. The van der Waals surface area contributed by atoms with Crippen LogP contribution in [0.4, 0.5) is 0 Å². The third-order valence-electron chi connectivity index (χ3n) is 3.81. The molecule has 2 heterocycles. The molecule has 0 saturated heterocycles. The van der Waals surface area contributed by atoms with E-state index in [4.69, 9.17) is 14.1 Å². The van der Waals surface area contributed by atoms with Crippen molar-refractivity contribution in [3.05, 3.63) is 36.1 Å². The van der Waals surface area contributed by atoms with Crippen molar-refractivity contribution in [1.82, 2.24) is 10.5 Å². The van der Waals surface area contributed by atoms with Crippen molar-refractivity contribution in [2.24, 2.45) is 5.16 Å². The fourth-order valence-corrected chi connectivity index (χ4v) is 2.44. The quantitative estimate of drug-likeness (QED) is 0.880. The number of carbonyl (C=O) groups is 1. The number of para-hydroxylation sites is 1. The Bertz CT molecular complexity index is 754. The van der Waals surface area contributed by atoms with Crippen LogP contribution in [0.5, 0.6) is 5.75 Å². The van der Waals surface area contributed by atoms with E-state index in [2.05, 4.69) is 15.6 Å². The minimum atomic E-state index is -0.559. The maximum Gasteiger partial charge on any atom is 0.264 e. The molecule has 0 aliphatic carbocycles. The van der Waals surface area contributed by atoms with Gasteiger partial charge in [0.15, 0.2) is 5.76 Å². The maximum atomic E-state index is 12.1. The number of methoxy groups -OCH3 is 1. The number of hydrogen-bond donors (Lipinski definition) is 1. The van der Waals surface area contributed by atoms with Gasteiger partial charge >= 0.3 is 0 Å². The highest BCUT2D eigenvalue weighted by Gasteiger charge is 2.27. The summed E-state index contributed by atoms with van der Waals surface area (Å²) in [5, 5.41) is 10.7. The Morgan fingerprint density at radius 1 is 1.42 bits per heavy atom. The summed E-state index contributed by atoms with van der Waals surface area (Å²) >= 11 is 0. The highest BCUT2D eigenvalue weighted by Crippen LogP contribution is 2.28. The minimum absolute atomic E-state index is 0.211. The lowest BCUT2D eigenvalue weighted by atomic mass is 10.1. The monoisotopic (exact) mass is 329 g/mol. The molecular weight excluding hydrogens is 310 g/mol. The average molecular weight is 329 g/mol. The summed E-state index contributed by atoms with van der Waals surface area (Å²) in [6, 6.07) is 9.32. The Kier molecular flexibility index (Phi) is 4.79. The van der Waals surface area contributed by atoms with Crippen LogP contribution in [0, 0.1) is 0 Å². The van der Waals surface area contributed by atoms with Crippen LogP contribution < -0.4 is 10.1 Å². The molecule has 0 bridgehead atoms. The van der Waals surface area contributed by atoms with Crippen LogP contribution in [-0.4, -0.2) is 30.0 Å². The zero-order valence-corrected chi connectivity index (χ0v) is 13.6. The Labute approximate surface area is 139 Å². The van der Waals surface area contributed by atoms with Gasteiger partial charge in [0.05, 0.1) is 19.4 Å². The normalized spacial score (nSPS) is 16.4. The number of benzene rings is 1. The van der Waals surface area contributed by atoms with E-state index >= 15 is 0 Å². The number of aromatic nitrogens is 1. The first kappa shape index (κ1) is 16.0. The van der Waals surface area contributed by atoms with Crippen molar-refractivity contribution in [2.75, 3.05) is 7.11 Å². The Balaban J connectivity index is 1.60. The van der Waals surface area contributed by atoms with Gasteiger partial charge in [-0.1, -0.05) is 29.4 Å². The Hall–Kier alpha value is -2.83. The lowest BCUT2D eigenvalue weighted by Gasteiger charge is -2.07. The maximum absolute atomic E-state index is 12.1. The second kappa shape index (κ2) is 7.16. The third kappa shape index (κ3) is 3.40. The molecule has 0 fully saturated rings. The molecule has 0 saturated carbocycles. The largest absolute Gasteiger partial charge is 0.496 e. The van der Waals surface area contributed by atoms with Gasteiger partial charge in [0.2, 0.25) is 6.10 Å². The number of ether oxygens (including phenoxy) is 1. The van der Waals surface area contributed by atoms with Crippen LogP contribution in [0.2, 0.25) is 0 Å². The standard InChI is InChI=1S/C17H19N3O4/c1-3-11-8-16(24-19-11)17(21)18-10-12-9-14(20-23-12)13-6-4-5-7-15(13)22-2/h4-7,9,16H,3,8,10H2,1-2H3,(H,18,21)/t16-/m0/s1. The highest BCUT2D eigenvalue weighted by molar-refractivity contribution is 5.92. The van der Waals surface area contributed by atoms with Gasteiger partial charge in [-0.05, 0) is 18.6 Å². The first-order chi connectivity index (χ1) is 11.7. The summed E-state index contributed by atoms with van der Waals surface area (Å²) in [6.07, 6.45) is 0.760. The molecule has 1 aliphatic rings. The number of oxime groups is 1. The smallest absolute Gasteiger partial charge is 0.264 e. The number of carbonyl (C=O) groups excluding carboxylic acids is 1. The molecule has 24 heavy (non-hydrogen) atoms. The summed E-state index contributed by atoms with van der Waals surface area (Å²) in [6.45, 7) is 2.22. The van der Waals surface area contributed by atoms with Crippen LogP contribution in [-0.2, 0) is 16.2 Å². The molecule has 0 unspecified atom stereocenters. The molecule has 126 valence electrons. The summed E-state index contributed by atoms with van der Waals surface area (Å²) in [4.78, 5) is 17.2. The number of nitrogens with one attached hydrogen (secondary N) is 1. The molecule has 0 radical (unpaired) electrons. The van der Waals surface area contributed by atoms with Crippen molar-refractivity contribution in [2.45, 2.75) is 32.4 Å². The van der Waals surface area contributed by atoms with Gasteiger partial charge in [-0.3, -0.25) is 4.79 Å². The van der Waals surface area contributed by atoms with Gasteiger partial charge in [-0.15, -0.1) is 0 Å². The third-order valence-corrected chi connectivity index (χ3v) is 3.81. The molecule has 7 heteroatoms. The van der Waals surface area contributed by atoms with E-state index in [0.29, 0.717) is 23.6 Å². The molecule has 1 aromatic carbocycles. The molecule has 1 N–H and O–H groups in total. The van der Waals surface area contributed by atoms with Gasteiger partial charge in [0.1, 0.15) is 11.4 Å². The van der Waals surface area contributed by atoms with Gasteiger partial charge in [0, 0.05) is 18.1 Å². The number of amides is 1. The van der Waals surface area contributed by atoms with E-state index in [1.807, 2.05) is 31.2 Å². The second-order valence-corrected chi connectivity index (χ2v) is 5.41. The lowest BCUT2D eigenvalue weighted by molar-refractivity contribution is -0.131. The van der Waals surface area contributed by atoms with E-state index in [-0.39, 0.29) is 12.5 Å². The molecule has 3 rings (SSSR count). The van der Waals surface area contributed by atoms with Crippen LogP contribution in [0.15, 0.2) is 40.0 Å². The van der Waals surface area contributed by atoms with Gasteiger partial charge in [0.25, 0.3) is 5.91 Å². The fourth-order valence-electron chi connectivity index (χ4n) is 2.44. The molecule has 1 aliphatic heterocycles. The van der Waals surface area contributed by atoms with Crippen LogP contribution in [0.3, 0.4) is 0 Å². The Morgan fingerprint density at radius 2 is 2.25 bits per heavy atom. The summed E-state index contributed by atoms with van der Waals surface area (Å²) in [5.74, 6) is 1.06. The zero-order chi connectivity index (χ0) is 16.9. The van der Waals surface area contributed by atoms with Crippen LogP contribution in [0.25, 0.3) is 11.3 Å². The van der Waals surface area contributed by atoms with Crippen molar-refractivity contribution in [1.29, 1.82) is 0 Å². The van der Waals surface area contributed by atoms with E-state index in [0.717, 1.165) is 17.7 Å². The molecule has 7 nitrogen and oxygen atoms in total. The number of nitrogens with zero attached hydrogens (tertiary/aromatic N) is 2. The number of hydrogen-bond acceptors (Lipinski definition) is 6. The van der Waals surface area contributed by atoms with Gasteiger partial charge in [-0.25, -0.2) is 0 Å². The van der Waals surface area contributed by atoms with Gasteiger partial charge < -0.3 is 19.4 Å². The molecule has 1 amide bonds. The van der Waals surface area contributed by atoms with E-state index in [1.165, 1.54) is 0 Å². The first-order valence-corrected chi connectivity index (χ1v) is 7.79. The summed E-state index contributed by atoms with van der Waals surface area (Å²) < 4.78 is 10.6. The predicted molar refractivity (Wildman–Crippen MR) is 87.6 cm³/mol. The molecule has 1 atom stereocenters. The topological polar surface area (TPSA) is 86.0 Å². The van der Waals surface area contributed by atoms with E-state index in [9.17, 15) is 4.79 Å². The average Bonchev–Trinajstić information content (AvgIpc) is 3.29. The second-order valence-electron chi connectivity index (χ2n) is 5.41. The van der Waals surface area contributed by atoms with Crippen molar-refractivity contribution in [3.63, 3.8) is 0 Å². The fraction of sp³-hybridized carbons (Fsp3) is 0.353. The molecule has 1 aromatic heterocycles. The molecular formula is C17H19N3O4. The molecule has 2 aromatic rings.